The lowest BCUT2D eigenvalue weighted by Gasteiger charge is -2.13. The average Bonchev–Trinajstić information content (AvgIpc) is 2.38. The van der Waals surface area contributed by atoms with Gasteiger partial charge in [0.2, 0.25) is 5.43 Å². The Balaban J connectivity index is 2.54. The van der Waals surface area contributed by atoms with Crippen molar-refractivity contribution in [2.75, 3.05) is 0 Å². The predicted octanol–water partition coefficient (Wildman–Crippen LogP) is 2.12. The van der Waals surface area contributed by atoms with Crippen LogP contribution >= 0.6 is 0 Å². The lowest BCUT2D eigenvalue weighted by molar-refractivity contribution is 0.687. The van der Waals surface area contributed by atoms with Gasteiger partial charge in [-0.25, -0.2) is 4.68 Å². The zero-order valence-corrected chi connectivity index (χ0v) is 11.6. The van der Waals surface area contributed by atoms with E-state index in [1.807, 2.05) is 19.1 Å². The molecule has 1 aromatic carbocycles. The minimum atomic E-state index is -0.366. The Morgan fingerprint density at radius 2 is 1.95 bits per heavy atom. The highest BCUT2D eigenvalue weighted by atomic mass is 16.1. The number of nitrogens with zero attached hydrogens (tertiary/aromatic N) is 2. The SMILES string of the molecule is CCc1ccc(-n2nc(C(C)N)c(=O)cc2C)cc1. The first-order chi connectivity index (χ1) is 9.02. The molecular formula is C15H19N3O. The van der Waals surface area contributed by atoms with Crippen molar-refractivity contribution in [2.45, 2.75) is 33.2 Å². The van der Waals surface area contributed by atoms with Crippen molar-refractivity contribution >= 4 is 0 Å². The lowest BCUT2D eigenvalue weighted by Crippen LogP contribution is -2.24. The molecule has 2 rings (SSSR count). The summed E-state index contributed by atoms with van der Waals surface area (Å²) in [5.74, 6) is 0. The van der Waals surface area contributed by atoms with Crippen LogP contribution in [0.25, 0.3) is 5.69 Å². The van der Waals surface area contributed by atoms with Crippen LogP contribution in [0.4, 0.5) is 0 Å². The van der Waals surface area contributed by atoms with Gasteiger partial charge in [0.15, 0.2) is 0 Å². The molecule has 1 unspecified atom stereocenters. The Morgan fingerprint density at radius 1 is 1.32 bits per heavy atom. The predicted molar refractivity (Wildman–Crippen MR) is 76.6 cm³/mol. The summed E-state index contributed by atoms with van der Waals surface area (Å²) in [6, 6.07) is 9.37. The molecular weight excluding hydrogens is 238 g/mol. The van der Waals surface area contributed by atoms with E-state index in [2.05, 4.69) is 24.2 Å². The van der Waals surface area contributed by atoms with Gasteiger partial charge < -0.3 is 5.73 Å². The van der Waals surface area contributed by atoms with Crippen LogP contribution in [0.5, 0.6) is 0 Å². The summed E-state index contributed by atoms with van der Waals surface area (Å²) in [6.07, 6.45) is 1.00. The Kier molecular flexibility index (Phi) is 3.81. The Bertz CT molecular complexity index is 627. The first kappa shape index (κ1) is 13.5. The summed E-state index contributed by atoms with van der Waals surface area (Å²) in [6.45, 7) is 5.75. The fourth-order valence-electron chi connectivity index (χ4n) is 2.01. The second-order valence-corrected chi connectivity index (χ2v) is 4.76. The largest absolute Gasteiger partial charge is 0.323 e. The molecule has 0 aliphatic rings. The molecule has 0 saturated heterocycles. The molecule has 0 bridgehead atoms. The summed E-state index contributed by atoms with van der Waals surface area (Å²) >= 11 is 0. The highest BCUT2D eigenvalue weighted by molar-refractivity contribution is 5.35. The molecule has 1 atom stereocenters. The second-order valence-electron chi connectivity index (χ2n) is 4.76. The van der Waals surface area contributed by atoms with Gasteiger partial charge in [-0.2, -0.15) is 5.10 Å². The lowest BCUT2D eigenvalue weighted by atomic mass is 10.1. The van der Waals surface area contributed by atoms with Crippen LogP contribution in [0.1, 0.15) is 36.8 Å². The van der Waals surface area contributed by atoms with Crippen molar-refractivity contribution in [1.29, 1.82) is 0 Å². The monoisotopic (exact) mass is 257 g/mol. The van der Waals surface area contributed by atoms with Crippen LogP contribution in [0.2, 0.25) is 0 Å². The van der Waals surface area contributed by atoms with Crippen LogP contribution in [-0.4, -0.2) is 9.78 Å². The van der Waals surface area contributed by atoms with Gasteiger partial charge in [0.05, 0.1) is 5.69 Å². The molecule has 0 aliphatic heterocycles. The van der Waals surface area contributed by atoms with Gasteiger partial charge in [-0.05, 0) is 38.0 Å². The zero-order valence-electron chi connectivity index (χ0n) is 11.6. The summed E-state index contributed by atoms with van der Waals surface area (Å²) in [7, 11) is 0. The molecule has 100 valence electrons. The molecule has 4 nitrogen and oxygen atoms in total. The van der Waals surface area contributed by atoms with Crippen LogP contribution in [0.3, 0.4) is 0 Å². The number of aromatic nitrogens is 2. The number of hydrogen-bond donors (Lipinski definition) is 1. The molecule has 4 heteroatoms. The van der Waals surface area contributed by atoms with E-state index in [1.54, 1.807) is 17.7 Å². The molecule has 0 radical (unpaired) electrons. The van der Waals surface area contributed by atoms with E-state index in [0.29, 0.717) is 5.69 Å². The second kappa shape index (κ2) is 5.36. The van der Waals surface area contributed by atoms with Gasteiger partial charge in [-0.15, -0.1) is 0 Å². The van der Waals surface area contributed by atoms with E-state index in [-0.39, 0.29) is 11.5 Å². The minimum Gasteiger partial charge on any atom is -0.323 e. The van der Waals surface area contributed by atoms with E-state index < -0.39 is 0 Å². The van der Waals surface area contributed by atoms with Crippen molar-refractivity contribution in [1.82, 2.24) is 9.78 Å². The molecule has 2 aromatic rings. The number of benzene rings is 1. The smallest absolute Gasteiger partial charge is 0.205 e. The molecule has 0 aliphatic carbocycles. The molecule has 0 amide bonds. The van der Waals surface area contributed by atoms with Crippen LogP contribution < -0.4 is 11.2 Å². The van der Waals surface area contributed by atoms with Crippen molar-refractivity contribution in [3.05, 3.63) is 57.5 Å². The maximum atomic E-state index is 11.8. The van der Waals surface area contributed by atoms with Crippen molar-refractivity contribution in [2.24, 2.45) is 5.73 Å². The van der Waals surface area contributed by atoms with Gasteiger partial charge in [-0.3, -0.25) is 4.79 Å². The number of rotatable bonds is 3. The molecule has 0 spiro atoms. The van der Waals surface area contributed by atoms with Crippen LogP contribution in [-0.2, 0) is 6.42 Å². The first-order valence-electron chi connectivity index (χ1n) is 6.48. The number of nitrogens with two attached hydrogens (primary N) is 1. The molecule has 1 heterocycles. The van der Waals surface area contributed by atoms with Gasteiger partial charge in [0.1, 0.15) is 5.69 Å². The van der Waals surface area contributed by atoms with E-state index in [9.17, 15) is 4.79 Å². The van der Waals surface area contributed by atoms with Crippen molar-refractivity contribution in [3.63, 3.8) is 0 Å². The molecule has 0 saturated carbocycles. The standard InChI is InChI=1S/C15H19N3O/c1-4-12-5-7-13(8-6-12)18-10(2)9-14(19)15(17-18)11(3)16/h5-9,11H,4,16H2,1-3H3. The fraction of sp³-hybridized carbons (Fsp3) is 0.333. The highest BCUT2D eigenvalue weighted by Crippen LogP contribution is 2.12. The van der Waals surface area contributed by atoms with E-state index in [0.717, 1.165) is 17.8 Å². The van der Waals surface area contributed by atoms with Crippen LogP contribution in [0, 0.1) is 6.92 Å². The van der Waals surface area contributed by atoms with Gasteiger partial charge in [0, 0.05) is 17.8 Å². The number of aryl methyl sites for hydroxylation is 2. The molecule has 1 aromatic heterocycles. The fourth-order valence-corrected chi connectivity index (χ4v) is 2.01. The maximum absolute atomic E-state index is 11.8. The summed E-state index contributed by atoms with van der Waals surface area (Å²) < 4.78 is 1.76. The van der Waals surface area contributed by atoms with Gasteiger partial charge in [0.25, 0.3) is 0 Å². The first-order valence-corrected chi connectivity index (χ1v) is 6.48. The van der Waals surface area contributed by atoms with Gasteiger partial charge >= 0.3 is 0 Å². The molecule has 0 fully saturated rings. The van der Waals surface area contributed by atoms with E-state index >= 15 is 0 Å². The maximum Gasteiger partial charge on any atom is 0.205 e. The molecule has 19 heavy (non-hydrogen) atoms. The minimum absolute atomic E-state index is 0.103. The third-order valence-corrected chi connectivity index (χ3v) is 3.15. The third-order valence-electron chi connectivity index (χ3n) is 3.15. The van der Waals surface area contributed by atoms with Crippen LogP contribution in [0.15, 0.2) is 35.1 Å². The third kappa shape index (κ3) is 2.74. The summed E-state index contributed by atoms with van der Waals surface area (Å²) in [4.78, 5) is 11.8. The Labute approximate surface area is 112 Å². The normalized spacial score (nSPS) is 12.4. The summed E-state index contributed by atoms with van der Waals surface area (Å²) in [5, 5.41) is 4.38. The van der Waals surface area contributed by atoms with Crippen molar-refractivity contribution in [3.8, 4) is 5.69 Å². The highest BCUT2D eigenvalue weighted by Gasteiger charge is 2.10. The zero-order chi connectivity index (χ0) is 14.0. The Morgan fingerprint density at radius 3 is 2.47 bits per heavy atom. The number of hydrogen-bond acceptors (Lipinski definition) is 3. The molecule has 2 N–H and O–H groups in total. The Hall–Kier alpha value is -1.94. The quantitative estimate of drug-likeness (QED) is 0.916. The van der Waals surface area contributed by atoms with E-state index in [4.69, 9.17) is 5.73 Å². The van der Waals surface area contributed by atoms with E-state index in [1.165, 1.54) is 5.56 Å². The van der Waals surface area contributed by atoms with Gasteiger partial charge in [-0.1, -0.05) is 19.1 Å². The van der Waals surface area contributed by atoms with Crippen molar-refractivity contribution < 1.29 is 0 Å². The summed E-state index contributed by atoms with van der Waals surface area (Å²) in [5.41, 5.74) is 9.09. The average molecular weight is 257 g/mol. The topological polar surface area (TPSA) is 60.9 Å².